The molecule has 30 heavy (non-hydrogen) atoms. The van der Waals surface area contributed by atoms with Gasteiger partial charge in [0.05, 0.1) is 25.0 Å². The van der Waals surface area contributed by atoms with Gasteiger partial charge in [-0.25, -0.2) is 0 Å². The van der Waals surface area contributed by atoms with Crippen LogP contribution in [0.3, 0.4) is 0 Å². The van der Waals surface area contributed by atoms with Gasteiger partial charge in [0.2, 0.25) is 0 Å². The van der Waals surface area contributed by atoms with Crippen LogP contribution in [0.4, 0.5) is 5.69 Å². The van der Waals surface area contributed by atoms with Gasteiger partial charge in [-0.3, -0.25) is 14.7 Å². The van der Waals surface area contributed by atoms with Gasteiger partial charge in [0.15, 0.2) is 11.9 Å². The zero-order valence-corrected chi connectivity index (χ0v) is 17.5. The molecule has 1 aliphatic heterocycles. The summed E-state index contributed by atoms with van der Waals surface area (Å²) in [5.74, 6) is 1.44. The van der Waals surface area contributed by atoms with E-state index in [0.29, 0.717) is 0 Å². The van der Waals surface area contributed by atoms with Crippen molar-refractivity contribution in [2.24, 2.45) is 10.9 Å². The summed E-state index contributed by atoms with van der Waals surface area (Å²) < 4.78 is 7.66. The van der Waals surface area contributed by atoms with Crippen LogP contribution in [0.5, 0.6) is 0 Å². The van der Waals surface area contributed by atoms with Crippen LogP contribution >= 0.6 is 0 Å². The first-order valence-electron chi connectivity index (χ1n) is 10.7. The Labute approximate surface area is 176 Å². The number of pyridine rings is 1. The minimum absolute atomic E-state index is 0.250. The number of aromatic nitrogens is 3. The molecule has 0 bridgehead atoms. The summed E-state index contributed by atoms with van der Waals surface area (Å²) in [6.07, 6.45) is 10.6. The van der Waals surface area contributed by atoms with E-state index in [2.05, 4.69) is 44.9 Å². The highest BCUT2D eigenvalue weighted by Crippen LogP contribution is 2.36. The maximum atomic E-state index is 5.47. The molecular weight excluding hydrogens is 374 g/mol. The van der Waals surface area contributed by atoms with Crippen LogP contribution in [0.2, 0.25) is 0 Å². The Morgan fingerprint density at radius 1 is 1.13 bits per heavy atom. The second-order valence-corrected chi connectivity index (χ2v) is 8.19. The number of hydrogen-bond acceptors (Lipinski definition) is 5. The van der Waals surface area contributed by atoms with Crippen molar-refractivity contribution in [3.8, 4) is 0 Å². The van der Waals surface area contributed by atoms with Crippen LogP contribution in [-0.4, -0.2) is 28.1 Å². The zero-order valence-electron chi connectivity index (χ0n) is 17.5. The molecule has 0 spiro atoms. The topological polar surface area (TPSA) is 55.5 Å². The van der Waals surface area contributed by atoms with Gasteiger partial charge in [0, 0.05) is 29.5 Å². The summed E-state index contributed by atoms with van der Waals surface area (Å²) in [5, 5.41) is 6.26. The zero-order chi connectivity index (χ0) is 20.5. The number of allylic oxidation sites excluding steroid dienone is 1. The fourth-order valence-electron chi connectivity index (χ4n) is 4.59. The molecule has 0 amide bonds. The Balaban J connectivity index is 1.59. The lowest BCUT2D eigenvalue weighted by Crippen LogP contribution is -2.27. The fraction of sp³-hybridized carbons (Fsp3) is 0.375. The number of anilines is 1. The summed E-state index contributed by atoms with van der Waals surface area (Å²) in [4.78, 5) is 11.3. The van der Waals surface area contributed by atoms with E-state index in [1.165, 1.54) is 31.2 Å². The number of hydrogen-bond donors (Lipinski definition) is 0. The van der Waals surface area contributed by atoms with E-state index in [9.17, 15) is 0 Å². The van der Waals surface area contributed by atoms with Gasteiger partial charge in [-0.05, 0) is 43.9 Å². The van der Waals surface area contributed by atoms with Crippen LogP contribution < -0.4 is 4.90 Å². The molecule has 1 saturated carbocycles. The van der Waals surface area contributed by atoms with E-state index in [1.54, 1.807) is 13.3 Å². The minimum Gasteiger partial charge on any atom is -0.494 e. The lowest BCUT2D eigenvalue weighted by Gasteiger charge is -2.30. The van der Waals surface area contributed by atoms with Gasteiger partial charge in [-0.2, -0.15) is 5.10 Å². The molecular formula is C24H27N5O. The van der Waals surface area contributed by atoms with Gasteiger partial charge in [-0.15, -0.1) is 0 Å². The van der Waals surface area contributed by atoms with E-state index in [-0.39, 0.29) is 6.17 Å². The summed E-state index contributed by atoms with van der Waals surface area (Å²) in [6, 6.07) is 12.6. The number of rotatable bonds is 5. The van der Waals surface area contributed by atoms with E-state index >= 15 is 0 Å². The van der Waals surface area contributed by atoms with Gasteiger partial charge in [-0.1, -0.05) is 31.0 Å². The summed E-state index contributed by atoms with van der Waals surface area (Å²) in [7, 11) is 1.67. The predicted octanol–water partition coefficient (Wildman–Crippen LogP) is 5.01. The smallest absolute Gasteiger partial charge is 0.170 e. The van der Waals surface area contributed by atoms with Gasteiger partial charge >= 0.3 is 0 Å². The van der Waals surface area contributed by atoms with Crippen LogP contribution in [-0.2, 0) is 11.3 Å². The van der Waals surface area contributed by atoms with Crippen molar-refractivity contribution in [3.63, 3.8) is 0 Å². The molecule has 1 aromatic carbocycles. The molecule has 1 fully saturated rings. The highest BCUT2D eigenvalue weighted by atomic mass is 16.5. The Morgan fingerprint density at radius 3 is 2.77 bits per heavy atom. The van der Waals surface area contributed by atoms with Crippen LogP contribution in [0, 0.1) is 12.8 Å². The van der Waals surface area contributed by atoms with Crippen LogP contribution in [0.1, 0.15) is 43.2 Å². The van der Waals surface area contributed by atoms with Gasteiger partial charge in [0.25, 0.3) is 0 Å². The highest BCUT2D eigenvalue weighted by molar-refractivity contribution is 5.85. The molecule has 2 aliphatic rings. The third kappa shape index (κ3) is 3.47. The fourth-order valence-corrected chi connectivity index (χ4v) is 4.59. The number of methoxy groups -OCH3 is 1. The number of benzene rings is 1. The molecule has 6 heteroatoms. The van der Waals surface area contributed by atoms with Crippen molar-refractivity contribution >= 4 is 22.8 Å². The predicted molar refractivity (Wildman–Crippen MR) is 119 cm³/mol. The molecule has 5 rings (SSSR count). The maximum Gasteiger partial charge on any atom is 0.170 e. The molecule has 0 N–H and O–H groups in total. The standard InChI is InChI=1S/C24H27N5O/c1-17-13-19(11-12-25-17)28-16-20(30-2)14-26-24(28)23-21-9-5-6-10-22(21)29(27-23)15-18-7-3-4-8-18/h5-6,9-14,16,18,24H,3-4,7-8,15H2,1-2H3. The van der Waals surface area contributed by atoms with E-state index in [0.717, 1.165) is 40.7 Å². The first kappa shape index (κ1) is 18.9. The number of aryl methyl sites for hydroxylation is 1. The summed E-state index contributed by atoms with van der Waals surface area (Å²) in [6.45, 7) is 2.98. The molecule has 0 radical (unpaired) electrons. The van der Waals surface area contributed by atoms with E-state index in [4.69, 9.17) is 14.8 Å². The lowest BCUT2D eigenvalue weighted by atomic mass is 10.1. The van der Waals surface area contributed by atoms with Crippen LogP contribution in [0.25, 0.3) is 10.9 Å². The van der Waals surface area contributed by atoms with Crippen molar-refractivity contribution < 1.29 is 4.74 Å². The Hall–Kier alpha value is -3.15. The van der Waals surface area contributed by atoms with Crippen molar-refractivity contribution in [1.82, 2.24) is 14.8 Å². The quantitative estimate of drug-likeness (QED) is 0.603. The number of aliphatic imine (C=N–C) groups is 1. The molecule has 1 atom stereocenters. The van der Waals surface area contributed by atoms with Crippen molar-refractivity contribution in [3.05, 3.63) is 65.9 Å². The first-order valence-corrected chi connectivity index (χ1v) is 10.7. The van der Waals surface area contributed by atoms with Gasteiger partial charge < -0.3 is 9.64 Å². The van der Waals surface area contributed by atoms with Crippen molar-refractivity contribution in [2.75, 3.05) is 12.0 Å². The van der Waals surface area contributed by atoms with Crippen molar-refractivity contribution in [1.29, 1.82) is 0 Å². The normalized spacial score (nSPS) is 19.5. The average Bonchev–Trinajstić information content (AvgIpc) is 3.42. The largest absolute Gasteiger partial charge is 0.494 e. The lowest BCUT2D eigenvalue weighted by molar-refractivity contribution is 0.312. The third-order valence-corrected chi connectivity index (χ3v) is 6.12. The summed E-state index contributed by atoms with van der Waals surface area (Å²) >= 11 is 0. The Kier molecular flexibility index (Phi) is 4.99. The molecule has 1 unspecified atom stereocenters. The second kappa shape index (κ2) is 7.94. The Bertz CT molecular complexity index is 1110. The van der Waals surface area contributed by atoms with E-state index in [1.807, 2.05) is 25.4 Å². The van der Waals surface area contributed by atoms with Crippen molar-refractivity contribution in [2.45, 2.75) is 45.3 Å². The molecule has 2 aromatic heterocycles. The van der Waals surface area contributed by atoms with E-state index < -0.39 is 0 Å². The number of para-hydroxylation sites is 1. The molecule has 154 valence electrons. The maximum absolute atomic E-state index is 5.47. The third-order valence-electron chi connectivity index (χ3n) is 6.12. The monoisotopic (exact) mass is 401 g/mol. The first-order chi connectivity index (χ1) is 14.7. The van der Waals surface area contributed by atoms with Gasteiger partial charge in [0.1, 0.15) is 5.69 Å². The molecule has 3 heterocycles. The molecule has 6 nitrogen and oxygen atoms in total. The Morgan fingerprint density at radius 2 is 1.97 bits per heavy atom. The highest BCUT2D eigenvalue weighted by Gasteiger charge is 2.28. The minimum atomic E-state index is -0.250. The van der Waals surface area contributed by atoms with Crippen LogP contribution in [0.15, 0.2) is 59.5 Å². The number of nitrogens with zero attached hydrogens (tertiary/aromatic N) is 5. The number of fused-ring (bicyclic) bond motifs is 1. The SMILES string of the molecule is COC1=CN(c2ccnc(C)c2)C(c2nn(CC3CCCC3)c3ccccc23)N=C1. The molecule has 3 aromatic rings. The molecule has 1 aliphatic carbocycles. The summed E-state index contributed by atoms with van der Waals surface area (Å²) in [5.41, 5.74) is 4.14. The molecule has 0 saturated heterocycles. The number of ether oxygens (including phenoxy) is 1. The second-order valence-electron chi connectivity index (χ2n) is 8.19. The average molecular weight is 402 g/mol.